The lowest BCUT2D eigenvalue weighted by Gasteiger charge is -2.03. The van der Waals surface area contributed by atoms with Crippen LogP contribution in [0.5, 0.6) is 0 Å². The summed E-state index contributed by atoms with van der Waals surface area (Å²) in [4.78, 5) is 19.6. The van der Waals surface area contributed by atoms with Crippen molar-refractivity contribution in [3.05, 3.63) is 52.9 Å². The average Bonchev–Trinajstić information content (AvgIpc) is 2.33. The molecule has 2 aromatic rings. The Morgan fingerprint density at radius 2 is 1.94 bits per heavy atom. The van der Waals surface area contributed by atoms with Crippen molar-refractivity contribution in [2.45, 2.75) is 0 Å². The Labute approximate surface area is 101 Å². The molecule has 0 saturated heterocycles. The topological polar surface area (TPSA) is 54.9 Å². The molecule has 0 aliphatic rings. The van der Waals surface area contributed by atoms with E-state index < -0.39 is 0 Å². The summed E-state index contributed by atoms with van der Waals surface area (Å²) >= 11 is 3.27. The highest BCUT2D eigenvalue weighted by molar-refractivity contribution is 9.10. The van der Waals surface area contributed by atoms with Crippen LogP contribution in [0.25, 0.3) is 0 Å². The van der Waals surface area contributed by atoms with Crippen LogP contribution in [0.3, 0.4) is 0 Å². The Kier molecular flexibility index (Phi) is 3.26. The zero-order valence-corrected chi connectivity index (χ0v) is 9.81. The second kappa shape index (κ2) is 4.85. The number of anilines is 1. The third-order valence-electron chi connectivity index (χ3n) is 1.91. The van der Waals surface area contributed by atoms with Gasteiger partial charge in [0.25, 0.3) is 5.91 Å². The van der Waals surface area contributed by atoms with E-state index in [1.807, 2.05) is 6.07 Å². The zero-order chi connectivity index (χ0) is 11.4. The summed E-state index contributed by atoms with van der Waals surface area (Å²) < 4.78 is 0.870. The SMILES string of the molecule is O=C(Nc1ccc(Br)cn1)c1ccncc1. The van der Waals surface area contributed by atoms with Crippen molar-refractivity contribution in [2.75, 3.05) is 5.32 Å². The molecule has 1 N–H and O–H groups in total. The molecule has 2 rings (SSSR count). The Hall–Kier alpha value is -1.75. The van der Waals surface area contributed by atoms with Crippen LogP contribution in [0.1, 0.15) is 10.4 Å². The lowest BCUT2D eigenvalue weighted by molar-refractivity contribution is 0.102. The molecule has 0 saturated carbocycles. The van der Waals surface area contributed by atoms with Crippen LogP contribution in [0.15, 0.2) is 47.3 Å². The number of nitrogens with one attached hydrogen (secondary N) is 1. The van der Waals surface area contributed by atoms with E-state index in [1.54, 1.807) is 36.8 Å². The highest BCUT2D eigenvalue weighted by atomic mass is 79.9. The van der Waals surface area contributed by atoms with E-state index in [0.29, 0.717) is 11.4 Å². The first-order valence-corrected chi connectivity index (χ1v) is 5.38. The fraction of sp³-hybridized carbons (Fsp3) is 0. The number of nitrogens with zero attached hydrogens (tertiary/aromatic N) is 2. The third-order valence-corrected chi connectivity index (χ3v) is 2.38. The van der Waals surface area contributed by atoms with E-state index in [9.17, 15) is 4.79 Å². The summed E-state index contributed by atoms with van der Waals surface area (Å²) in [5.41, 5.74) is 0.555. The van der Waals surface area contributed by atoms with Gasteiger partial charge in [0.1, 0.15) is 5.82 Å². The molecule has 0 bridgehead atoms. The van der Waals surface area contributed by atoms with Gasteiger partial charge in [-0.05, 0) is 40.2 Å². The van der Waals surface area contributed by atoms with Crippen LogP contribution in [0.2, 0.25) is 0 Å². The molecule has 0 aliphatic heterocycles. The Morgan fingerprint density at radius 3 is 2.56 bits per heavy atom. The minimum Gasteiger partial charge on any atom is -0.307 e. The first-order chi connectivity index (χ1) is 7.75. The van der Waals surface area contributed by atoms with Crippen molar-refractivity contribution in [3.8, 4) is 0 Å². The summed E-state index contributed by atoms with van der Waals surface area (Å²) in [6, 6.07) is 6.83. The first kappa shape index (κ1) is 10.8. The van der Waals surface area contributed by atoms with Gasteiger partial charge in [0.15, 0.2) is 0 Å². The molecular weight excluding hydrogens is 270 g/mol. The monoisotopic (exact) mass is 277 g/mol. The molecule has 0 aromatic carbocycles. The van der Waals surface area contributed by atoms with Crippen molar-refractivity contribution in [1.82, 2.24) is 9.97 Å². The molecule has 0 radical (unpaired) electrons. The van der Waals surface area contributed by atoms with Crippen LogP contribution in [-0.2, 0) is 0 Å². The number of hydrogen-bond acceptors (Lipinski definition) is 3. The van der Waals surface area contributed by atoms with E-state index >= 15 is 0 Å². The standard InChI is InChI=1S/C11H8BrN3O/c12-9-1-2-10(14-7-9)15-11(16)8-3-5-13-6-4-8/h1-7H,(H,14,15,16). The van der Waals surface area contributed by atoms with Gasteiger partial charge < -0.3 is 5.32 Å². The molecule has 5 heteroatoms. The maximum absolute atomic E-state index is 11.7. The molecule has 2 aromatic heterocycles. The second-order valence-corrected chi connectivity index (χ2v) is 3.97. The van der Waals surface area contributed by atoms with Crippen molar-refractivity contribution < 1.29 is 4.79 Å². The molecule has 0 unspecified atom stereocenters. The minimum absolute atomic E-state index is 0.197. The average molecular weight is 278 g/mol. The smallest absolute Gasteiger partial charge is 0.256 e. The Balaban J connectivity index is 2.11. The number of halogens is 1. The van der Waals surface area contributed by atoms with E-state index in [2.05, 4.69) is 31.2 Å². The van der Waals surface area contributed by atoms with Crippen LogP contribution >= 0.6 is 15.9 Å². The highest BCUT2D eigenvalue weighted by Crippen LogP contribution is 2.11. The van der Waals surface area contributed by atoms with Gasteiger partial charge in [-0.1, -0.05) is 0 Å². The molecule has 0 atom stereocenters. The van der Waals surface area contributed by atoms with Gasteiger partial charge in [-0.2, -0.15) is 0 Å². The second-order valence-electron chi connectivity index (χ2n) is 3.05. The molecule has 80 valence electrons. The molecule has 16 heavy (non-hydrogen) atoms. The van der Waals surface area contributed by atoms with Gasteiger partial charge in [0.05, 0.1) is 0 Å². The number of rotatable bonds is 2. The summed E-state index contributed by atoms with van der Waals surface area (Å²) in [5, 5.41) is 2.69. The molecule has 1 amide bonds. The van der Waals surface area contributed by atoms with Crippen LogP contribution < -0.4 is 5.32 Å². The van der Waals surface area contributed by atoms with Gasteiger partial charge in [0, 0.05) is 28.6 Å². The van der Waals surface area contributed by atoms with Crippen LogP contribution in [0, 0.1) is 0 Å². The van der Waals surface area contributed by atoms with E-state index in [4.69, 9.17) is 0 Å². The van der Waals surface area contributed by atoms with Crippen molar-refractivity contribution in [2.24, 2.45) is 0 Å². The number of carbonyl (C=O) groups is 1. The third kappa shape index (κ3) is 2.64. The van der Waals surface area contributed by atoms with E-state index in [0.717, 1.165) is 4.47 Å². The van der Waals surface area contributed by atoms with Gasteiger partial charge >= 0.3 is 0 Å². The van der Waals surface area contributed by atoms with Crippen LogP contribution in [0.4, 0.5) is 5.82 Å². The first-order valence-electron chi connectivity index (χ1n) is 4.58. The molecular formula is C11H8BrN3O. The Morgan fingerprint density at radius 1 is 1.19 bits per heavy atom. The number of hydrogen-bond donors (Lipinski definition) is 1. The Bertz CT molecular complexity index is 484. The number of amides is 1. The summed E-state index contributed by atoms with van der Waals surface area (Å²) in [7, 11) is 0. The van der Waals surface area contributed by atoms with Crippen molar-refractivity contribution in [3.63, 3.8) is 0 Å². The molecule has 0 fully saturated rings. The summed E-state index contributed by atoms with van der Waals surface area (Å²) in [5.74, 6) is 0.322. The molecule has 2 heterocycles. The minimum atomic E-state index is -0.197. The zero-order valence-electron chi connectivity index (χ0n) is 8.22. The quantitative estimate of drug-likeness (QED) is 0.918. The summed E-state index contributed by atoms with van der Waals surface area (Å²) in [6.07, 6.45) is 4.77. The molecule has 4 nitrogen and oxygen atoms in total. The van der Waals surface area contributed by atoms with E-state index in [-0.39, 0.29) is 5.91 Å². The van der Waals surface area contributed by atoms with Gasteiger partial charge in [0.2, 0.25) is 0 Å². The van der Waals surface area contributed by atoms with Gasteiger partial charge in [-0.15, -0.1) is 0 Å². The predicted octanol–water partition coefficient (Wildman–Crippen LogP) is 2.49. The van der Waals surface area contributed by atoms with Gasteiger partial charge in [-0.25, -0.2) is 4.98 Å². The number of aromatic nitrogens is 2. The fourth-order valence-electron chi connectivity index (χ4n) is 1.14. The molecule has 0 aliphatic carbocycles. The molecule has 0 spiro atoms. The van der Waals surface area contributed by atoms with Crippen LogP contribution in [-0.4, -0.2) is 15.9 Å². The van der Waals surface area contributed by atoms with Crippen molar-refractivity contribution >= 4 is 27.7 Å². The summed E-state index contributed by atoms with van der Waals surface area (Å²) in [6.45, 7) is 0. The van der Waals surface area contributed by atoms with Gasteiger partial charge in [-0.3, -0.25) is 9.78 Å². The normalized spacial score (nSPS) is 9.81. The number of pyridine rings is 2. The maximum Gasteiger partial charge on any atom is 0.256 e. The predicted molar refractivity (Wildman–Crippen MR) is 64.1 cm³/mol. The number of carbonyl (C=O) groups excluding carboxylic acids is 1. The highest BCUT2D eigenvalue weighted by Gasteiger charge is 2.05. The fourth-order valence-corrected chi connectivity index (χ4v) is 1.38. The maximum atomic E-state index is 11.7. The lowest BCUT2D eigenvalue weighted by atomic mass is 10.2. The van der Waals surface area contributed by atoms with Crippen molar-refractivity contribution in [1.29, 1.82) is 0 Å². The largest absolute Gasteiger partial charge is 0.307 e. The lowest BCUT2D eigenvalue weighted by Crippen LogP contribution is -2.12. The van der Waals surface area contributed by atoms with E-state index in [1.165, 1.54) is 0 Å².